The molecule has 0 aromatic rings. The molecule has 0 radical (unpaired) electrons. The second-order valence-electron chi connectivity index (χ2n) is 4.53. The molecule has 0 aliphatic carbocycles. The summed E-state index contributed by atoms with van der Waals surface area (Å²) in [5, 5.41) is 0. The number of hydrogen-bond acceptors (Lipinski definition) is 4. The third kappa shape index (κ3) is 4.61. The highest BCUT2D eigenvalue weighted by molar-refractivity contribution is 5.81. The van der Waals surface area contributed by atoms with Crippen molar-refractivity contribution in [2.24, 2.45) is 5.73 Å². The van der Waals surface area contributed by atoms with Gasteiger partial charge in [-0.2, -0.15) is 0 Å². The van der Waals surface area contributed by atoms with Gasteiger partial charge < -0.3 is 20.1 Å². The Hall–Kier alpha value is -0.650. The van der Waals surface area contributed by atoms with Crippen LogP contribution in [0.5, 0.6) is 0 Å². The maximum Gasteiger partial charge on any atom is 0.239 e. The number of rotatable bonds is 6. The zero-order valence-electron chi connectivity index (χ0n) is 10.9. The molecular formula is C12H24N2O3. The first-order valence-electron chi connectivity index (χ1n) is 6.25. The Morgan fingerprint density at radius 1 is 1.53 bits per heavy atom. The number of nitrogens with zero attached hydrogens (tertiary/aromatic N) is 1. The lowest BCUT2D eigenvalue weighted by molar-refractivity contribution is -0.136. The summed E-state index contributed by atoms with van der Waals surface area (Å²) < 4.78 is 10.2. The topological polar surface area (TPSA) is 64.8 Å². The van der Waals surface area contributed by atoms with Crippen LogP contribution in [0.2, 0.25) is 0 Å². The van der Waals surface area contributed by atoms with Crippen molar-refractivity contribution in [2.75, 3.05) is 33.9 Å². The lowest BCUT2D eigenvalue weighted by Crippen LogP contribution is -2.49. The summed E-state index contributed by atoms with van der Waals surface area (Å²) in [6, 6.07) is -0.402. The van der Waals surface area contributed by atoms with Crippen molar-refractivity contribution in [1.82, 2.24) is 4.90 Å². The Bertz CT molecular complexity index is 236. The van der Waals surface area contributed by atoms with Crippen LogP contribution in [-0.4, -0.2) is 56.9 Å². The first-order valence-corrected chi connectivity index (χ1v) is 6.25. The van der Waals surface area contributed by atoms with E-state index in [-0.39, 0.29) is 12.0 Å². The van der Waals surface area contributed by atoms with E-state index in [2.05, 4.69) is 0 Å². The number of nitrogens with two attached hydrogens (primary N) is 1. The molecule has 0 aromatic heterocycles. The van der Waals surface area contributed by atoms with Crippen molar-refractivity contribution in [3.63, 3.8) is 0 Å². The fourth-order valence-electron chi connectivity index (χ4n) is 2.14. The van der Waals surface area contributed by atoms with E-state index in [0.29, 0.717) is 19.6 Å². The summed E-state index contributed by atoms with van der Waals surface area (Å²) in [5.74, 6) is 0.0443. The van der Waals surface area contributed by atoms with Crippen molar-refractivity contribution < 1.29 is 14.3 Å². The highest BCUT2D eigenvalue weighted by atomic mass is 16.5. The average molecular weight is 244 g/mol. The highest BCUT2D eigenvalue weighted by Crippen LogP contribution is 2.14. The summed E-state index contributed by atoms with van der Waals surface area (Å²) in [5.41, 5.74) is 5.89. The van der Waals surface area contributed by atoms with E-state index in [1.165, 1.54) is 0 Å². The number of piperidine rings is 1. The monoisotopic (exact) mass is 244 g/mol. The third-order valence-corrected chi connectivity index (χ3v) is 3.20. The molecule has 1 fully saturated rings. The summed E-state index contributed by atoms with van der Waals surface area (Å²) in [4.78, 5) is 13.9. The minimum Gasteiger partial charge on any atom is -0.385 e. The molecule has 5 nitrogen and oxygen atoms in total. The van der Waals surface area contributed by atoms with Gasteiger partial charge in [0.05, 0.1) is 12.1 Å². The maximum absolute atomic E-state index is 12.1. The Balaban J connectivity index is 2.34. The molecule has 100 valence electrons. The van der Waals surface area contributed by atoms with E-state index in [0.717, 1.165) is 25.8 Å². The van der Waals surface area contributed by atoms with Gasteiger partial charge >= 0.3 is 0 Å². The van der Waals surface area contributed by atoms with Gasteiger partial charge in [0.1, 0.15) is 0 Å². The Kier molecular flexibility index (Phi) is 6.47. The first kappa shape index (κ1) is 14.4. The molecule has 1 aliphatic rings. The molecule has 17 heavy (non-hydrogen) atoms. The van der Waals surface area contributed by atoms with Crippen LogP contribution in [0, 0.1) is 0 Å². The number of methoxy groups -OCH3 is 2. The van der Waals surface area contributed by atoms with Crippen LogP contribution in [0.15, 0.2) is 0 Å². The molecule has 1 amide bonds. The smallest absolute Gasteiger partial charge is 0.239 e. The average Bonchev–Trinajstić information content (AvgIpc) is 2.38. The number of likely N-dealkylation sites (tertiary alicyclic amines) is 1. The quantitative estimate of drug-likeness (QED) is 0.686. The fourth-order valence-corrected chi connectivity index (χ4v) is 2.14. The van der Waals surface area contributed by atoms with Gasteiger partial charge in [-0.05, 0) is 25.7 Å². The molecule has 1 heterocycles. The van der Waals surface area contributed by atoms with Gasteiger partial charge in [0.15, 0.2) is 0 Å². The maximum atomic E-state index is 12.1. The predicted octanol–water partition coefficient (Wildman–Crippen LogP) is 0.378. The van der Waals surface area contributed by atoms with Gasteiger partial charge in [-0.15, -0.1) is 0 Å². The number of hydrogen-bond donors (Lipinski definition) is 1. The van der Waals surface area contributed by atoms with E-state index >= 15 is 0 Å². The normalized spacial score (nSPS) is 22.5. The molecule has 2 unspecified atom stereocenters. The summed E-state index contributed by atoms with van der Waals surface area (Å²) in [7, 11) is 3.35. The largest absolute Gasteiger partial charge is 0.385 e. The van der Waals surface area contributed by atoms with Crippen molar-refractivity contribution in [2.45, 2.75) is 37.8 Å². The molecule has 0 bridgehead atoms. The predicted molar refractivity (Wildman–Crippen MR) is 65.7 cm³/mol. The Labute approximate surface area is 103 Å². The van der Waals surface area contributed by atoms with Gasteiger partial charge in [0.2, 0.25) is 5.91 Å². The minimum atomic E-state index is -0.402. The second-order valence-corrected chi connectivity index (χ2v) is 4.53. The van der Waals surface area contributed by atoms with Crippen molar-refractivity contribution in [1.29, 1.82) is 0 Å². The van der Waals surface area contributed by atoms with Gasteiger partial charge in [0.25, 0.3) is 0 Å². The number of carbonyl (C=O) groups excluding carboxylic acids is 1. The second kappa shape index (κ2) is 7.63. The Morgan fingerprint density at radius 3 is 2.94 bits per heavy atom. The van der Waals surface area contributed by atoms with Crippen molar-refractivity contribution in [3.8, 4) is 0 Å². The van der Waals surface area contributed by atoms with Crippen molar-refractivity contribution in [3.05, 3.63) is 0 Å². The van der Waals surface area contributed by atoms with Gasteiger partial charge in [-0.3, -0.25) is 4.79 Å². The number of carbonyl (C=O) groups is 1. The van der Waals surface area contributed by atoms with Crippen LogP contribution in [0.1, 0.15) is 25.7 Å². The molecule has 2 N–H and O–H groups in total. The molecule has 1 rings (SSSR count). The van der Waals surface area contributed by atoms with E-state index in [1.54, 1.807) is 14.2 Å². The van der Waals surface area contributed by atoms with Gasteiger partial charge in [-0.1, -0.05) is 0 Å². The standard InChI is InChI=1S/C12H24N2O3/c1-16-8-4-6-11(13)12(15)14-7-3-5-10(9-14)17-2/h10-11H,3-9,13H2,1-2H3. The summed E-state index contributed by atoms with van der Waals surface area (Å²) in [6.07, 6.45) is 3.69. The lowest BCUT2D eigenvalue weighted by atomic mass is 10.1. The van der Waals surface area contributed by atoms with Crippen LogP contribution in [0.4, 0.5) is 0 Å². The molecule has 0 aromatic carbocycles. The highest BCUT2D eigenvalue weighted by Gasteiger charge is 2.26. The van der Waals surface area contributed by atoms with E-state index in [1.807, 2.05) is 4.90 Å². The van der Waals surface area contributed by atoms with E-state index in [4.69, 9.17) is 15.2 Å². The molecule has 0 spiro atoms. The van der Waals surface area contributed by atoms with Crippen LogP contribution in [0.25, 0.3) is 0 Å². The number of ether oxygens (including phenoxy) is 2. The molecule has 0 saturated carbocycles. The zero-order chi connectivity index (χ0) is 12.7. The minimum absolute atomic E-state index is 0.0443. The fraction of sp³-hybridized carbons (Fsp3) is 0.917. The van der Waals surface area contributed by atoms with Gasteiger partial charge in [-0.25, -0.2) is 0 Å². The van der Waals surface area contributed by atoms with Crippen molar-refractivity contribution >= 4 is 5.91 Å². The van der Waals surface area contributed by atoms with E-state index in [9.17, 15) is 4.79 Å². The summed E-state index contributed by atoms with van der Waals surface area (Å²) >= 11 is 0. The third-order valence-electron chi connectivity index (χ3n) is 3.20. The zero-order valence-corrected chi connectivity index (χ0v) is 10.9. The molecule has 5 heteroatoms. The molecule has 1 aliphatic heterocycles. The van der Waals surface area contributed by atoms with E-state index < -0.39 is 6.04 Å². The molecule has 1 saturated heterocycles. The van der Waals surface area contributed by atoms with Gasteiger partial charge in [0, 0.05) is 33.9 Å². The lowest BCUT2D eigenvalue weighted by Gasteiger charge is -2.33. The SMILES string of the molecule is COCCCC(N)C(=O)N1CCCC(OC)C1. The molecule has 2 atom stereocenters. The number of amides is 1. The van der Waals surface area contributed by atoms with Crippen LogP contribution in [0.3, 0.4) is 0 Å². The van der Waals surface area contributed by atoms with Crippen LogP contribution >= 0.6 is 0 Å². The first-order chi connectivity index (χ1) is 8.19. The van der Waals surface area contributed by atoms with Crippen LogP contribution in [-0.2, 0) is 14.3 Å². The Morgan fingerprint density at radius 2 is 2.29 bits per heavy atom. The summed E-state index contributed by atoms with van der Waals surface area (Å²) in [6.45, 7) is 2.13. The van der Waals surface area contributed by atoms with Crippen LogP contribution < -0.4 is 5.73 Å². The molecular weight excluding hydrogens is 220 g/mol.